The van der Waals surface area contributed by atoms with E-state index in [1.54, 1.807) is 24.3 Å². The van der Waals surface area contributed by atoms with Gasteiger partial charge in [0, 0.05) is 30.1 Å². The van der Waals surface area contributed by atoms with Crippen LogP contribution in [-0.4, -0.2) is 35.7 Å². The van der Waals surface area contributed by atoms with Crippen molar-refractivity contribution in [2.45, 2.75) is 20.0 Å². The lowest BCUT2D eigenvalue weighted by Gasteiger charge is -2.20. The van der Waals surface area contributed by atoms with Gasteiger partial charge in [0.1, 0.15) is 0 Å². The molecule has 4 nitrogen and oxygen atoms in total. The van der Waals surface area contributed by atoms with Crippen LogP contribution in [0.25, 0.3) is 0 Å². The molecule has 4 heteroatoms. The highest BCUT2D eigenvalue weighted by molar-refractivity contribution is 6.40. The van der Waals surface area contributed by atoms with Gasteiger partial charge in [-0.1, -0.05) is 24.3 Å². The number of ether oxygens (including phenoxy) is 1. The van der Waals surface area contributed by atoms with Crippen molar-refractivity contribution in [2.75, 3.05) is 13.2 Å². The summed E-state index contributed by atoms with van der Waals surface area (Å²) in [4.78, 5) is 26.9. The number of Topliss-reactive ketones (excluding diaryl/α,β-unsaturated/α-hetero) is 2. The molecule has 1 aromatic rings. The van der Waals surface area contributed by atoms with Crippen molar-refractivity contribution in [3.8, 4) is 0 Å². The topological polar surface area (TPSA) is 46.6 Å². The van der Waals surface area contributed by atoms with E-state index in [2.05, 4.69) is 0 Å². The second-order valence-corrected chi connectivity index (χ2v) is 5.82. The number of allylic oxidation sites excluding steroid dienone is 4. The average molecular weight is 309 g/mol. The van der Waals surface area contributed by atoms with Crippen LogP contribution >= 0.6 is 0 Å². The van der Waals surface area contributed by atoms with E-state index in [0.29, 0.717) is 23.3 Å². The Balaban J connectivity index is 1.77. The number of rotatable bonds is 4. The zero-order chi connectivity index (χ0) is 16.4. The van der Waals surface area contributed by atoms with Crippen LogP contribution in [0.5, 0.6) is 0 Å². The van der Waals surface area contributed by atoms with Gasteiger partial charge < -0.3 is 9.64 Å². The monoisotopic (exact) mass is 309 g/mol. The van der Waals surface area contributed by atoms with Crippen molar-refractivity contribution < 1.29 is 14.3 Å². The highest BCUT2D eigenvalue weighted by Crippen LogP contribution is 2.30. The maximum absolute atomic E-state index is 12.5. The summed E-state index contributed by atoms with van der Waals surface area (Å²) in [7, 11) is 0. The highest BCUT2D eigenvalue weighted by Gasteiger charge is 2.34. The van der Waals surface area contributed by atoms with E-state index in [1.807, 2.05) is 43.3 Å². The summed E-state index contributed by atoms with van der Waals surface area (Å²) in [5, 5.41) is 0. The lowest BCUT2D eigenvalue weighted by Crippen LogP contribution is -2.20. The summed E-state index contributed by atoms with van der Waals surface area (Å²) in [6, 6.07) is 6.96. The minimum atomic E-state index is -0.188. The van der Waals surface area contributed by atoms with Crippen LogP contribution < -0.4 is 0 Å². The van der Waals surface area contributed by atoms with E-state index < -0.39 is 0 Å². The first-order valence-corrected chi connectivity index (χ1v) is 7.74. The number of hydrogen-bond acceptors (Lipinski definition) is 4. The minimum Gasteiger partial charge on any atom is -0.377 e. The first kappa shape index (κ1) is 15.4. The van der Waals surface area contributed by atoms with Gasteiger partial charge in [-0.25, -0.2) is 0 Å². The van der Waals surface area contributed by atoms with Gasteiger partial charge in [0.25, 0.3) is 0 Å². The normalized spacial score (nSPS) is 16.7. The van der Waals surface area contributed by atoms with E-state index in [1.165, 1.54) is 0 Å². The van der Waals surface area contributed by atoms with Crippen LogP contribution in [0, 0.1) is 0 Å². The fourth-order valence-electron chi connectivity index (χ4n) is 2.68. The predicted molar refractivity (Wildman–Crippen MR) is 88.2 cm³/mol. The number of ketones is 2. The Morgan fingerprint density at radius 1 is 1.00 bits per heavy atom. The molecule has 118 valence electrons. The fraction of sp³-hybridized carbons (Fsp3) is 0.263. The van der Waals surface area contributed by atoms with Crippen LogP contribution in [0.2, 0.25) is 0 Å². The van der Waals surface area contributed by atoms with Gasteiger partial charge in [-0.2, -0.15) is 0 Å². The molecule has 0 spiro atoms. The molecule has 0 saturated carbocycles. The molecule has 2 aliphatic rings. The molecular weight excluding hydrogens is 290 g/mol. The van der Waals surface area contributed by atoms with Crippen LogP contribution in [0.1, 0.15) is 34.6 Å². The van der Waals surface area contributed by atoms with Crippen molar-refractivity contribution in [3.05, 3.63) is 71.1 Å². The van der Waals surface area contributed by atoms with Gasteiger partial charge in [-0.05, 0) is 31.6 Å². The zero-order valence-electron chi connectivity index (χ0n) is 13.3. The number of fused-ring (bicyclic) bond motifs is 1. The van der Waals surface area contributed by atoms with Crippen LogP contribution in [0.3, 0.4) is 0 Å². The quantitative estimate of drug-likeness (QED) is 0.633. The summed E-state index contributed by atoms with van der Waals surface area (Å²) in [6.45, 7) is 5.36. The second kappa shape index (κ2) is 6.34. The number of carbonyl (C=O) groups is 2. The molecule has 0 N–H and O–H groups in total. The Morgan fingerprint density at radius 2 is 1.57 bits per heavy atom. The molecule has 3 rings (SSSR count). The van der Waals surface area contributed by atoms with E-state index in [0.717, 1.165) is 6.54 Å². The van der Waals surface area contributed by atoms with Crippen molar-refractivity contribution >= 4 is 11.6 Å². The molecular formula is C19H19NO3. The largest absolute Gasteiger partial charge is 0.377 e. The highest BCUT2D eigenvalue weighted by atomic mass is 16.5. The molecule has 0 saturated heterocycles. The summed E-state index contributed by atoms with van der Waals surface area (Å²) in [5.41, 5.74) is 1.91. The lowest BCUT2D eigenvalue weighted by atomic mass is 10.0. The molecule has 0 aromatic heterocycles. The standard InChI is InChI=1S/C19H19NO3/c1-13(2)23-12-11-20-9-7-14(8-10-20)17-18(21)15-5-3-4-6-16(15)19(17)22/h3-10,13H,11-12H2,1-2H3. The molecule has 0 fully saturated rings. The lowest BCUT2D eigenvalue weighted by molar-refractivity contribution is 0.0722. The predicted octanol–water partition coefficient (Wildman–Crippen LogP) is 3.13. The van der Waals surface area contributed by atoms with Gasteiger partial charge >= 0.3 is 0 Å². The molecule has 0 unspecified atom stereocenters. The third-order valence-electron chi connectivity index (χ3n) is 3.85. The van der Waals surface area contributed by atoms with Crippen molar-refractivity contribution in [2.24, 2.45) is 0 Å². The van der Waals surface area contributed by atoms with Crippen molar-refractivity contribution in [3.63, 3.8) is 0 Å². The molecule has 1 aliphatic carbocycles. The van der Waals surface area contributed by atoms with Crippen molar-refractivity contribution in [1.82, 2.24) is 4.90 Å². The van der Waals surface area contributed by atoms with E-state index in [4.69, 9.17) is 4.74 Å². The summed E-state index contributed by atoms with van der Waals surface area (Å²) >= 11 is 0. The summed E-state index contributed by atoms with van der Waals surface area (Å²) < 4.78 is 5.52. The van der Waals surface area contributed by atoms with Gasteiger partial charge in [-0.15, -0.1) is 0 Å². The number of hydrogen-bond donors (Lipinski definition) is 0. The number of benzene rings is 1. The number of carbonyl (C=O) groups excluding carboxylic acids is 2. The Kier molecular flexibility index (Phi) is 4.26. The molecule has 1 aliphatic heterocycles. The van der Waals surface area contributed by atoms with E-state index >= 15 is 0 Å². The van der Waals surface area contributed by atoms with Gasteiger partial charge in [0.05, 0.1) is 18.3 Å². The molecule has 0 radical (unpaired) electrons. The fourth-order valence-corrected chi connectivity index (χ4v) is 2.68. The third kappa shape index (κ3) is 3.03. The van der Waals surface area contributed by atoms with E-state index in [-0.39, 0.29) is 23.2 Å². The van der Waals surface area contributed by atoms with Gasteiger partial charge in [0.15, 0.2) is 11.6 Å². The molecule has 0 bridgehead atoms. The minimum absolute atomic E-state index is 0.188. The van der Waals surface area contributed by atoms with E-state index in [9.17, 15) is 9.59 Å². The Hall–Kier alpha value is -2.46. The smallest absolute Gasteiger partial charge is 0.198 e. The van der Waals surface area contributed by atoms with Crippen LogP contribution in [0.4, 0.5) is 0 Å². The zero-order valence-corrected chi connectivity index (χ0v) is 13.3. The molecule has 1 aromatic carbocycles. The first-order chi connectivity index (χ1) is 11.1. The summed E-state index contributed by atoms with van der Waals surface area (Å²) in [6.07, 6.45) is 7.57. The van der Waals surface area contributed by atoms with Gasteiger partial charge in [-0.3, -0.25) is 9.59 Å². The SMILES string of the molecule is CC(C)OCCN1C=CC(=C2C(=O)c3ccccc3C2=O)C=C1. The van der Waals surface area contributed by atoms with Gasteiger partial charge in [0.2, 0.25) is 0 Å². The van der Waals surface area contributed by atoms with Crippen molar-refractivity contribution in [1.29, 1.82) is 0 Å². The maximum Gasteiger partial charge on any atom is 0.198 e. The second-order valence-electron chi connectivity index (χ2n) is 5.82. The maximum atomic E-state index is 12.5. The molecule has 1 heterocycles. The van der Waals surface area contributed by atoms with Crippen LogP contribution in [-0.2, 0) is 4.74 Å². The first-order valence-electron chi connectivity index (χ1n) is 7.74. The summed E-state index contributed by atoms with van der Waals surface area (Å²) in [5.74, 6) is -0.377. The Bertz CT molecular complexity index is 688. The Labute approximate surface area is 135 Å². The molecule has 23 heavy (non-hydrogen) atoms. The average Bonchev–Trinajstić information content (AvgIpc) is 2.80. The molecule has 0 amide bonds. The third-order valence-corrected chi connectivity index (χ3v) is 3.85. The Morgan fingerprint density at radius 3 is 2.09 bits per heavy atom. The molecule has 0 atom stereocenters. The van der Waals surface area contributed by atoms with Crippen LogP contribution in [0.15, 0.2) is 60.0 Å². The number of nitrogens with zero attached hydrogens (tertiary/aromatic N) is 1.